The number of hydrogen-bond acceptors (Lipinski definition) is 7. The van der Waals surface area contributed by atoms with Gasteiger partial charge in [-0.1, -0.05) is 0 Å². The fourth-order valence-electron chi connectivity index (χ4n) is 5.54. The van der Waals surface area contributed by atoms with Crippen LogP contribution in [0.25, 0.3) is 17.0 Å². The number of benzene rings is 1. The molecule has 9 heteroatoms. The van der Waals surface area contributed by atoms with Crippen molar-refractivity contribution in [3.8, 4) is 11.6 Å². The summed E-state index contributed by atoms with van der Waals surface area (Å²) in [7, 11) is 1.66. The number of aromatic nitrogens is 3. The number of piperidine rings is 1. The highest BCUT2D eigenvalue weighted by molar-refractivity contribution is 5.82. The first-order chi connectivity index (χ1) is 18.0. The van der Waals surface area contributed by atoms with Crippen molar-refractivity contribution >= 4 is 17.0 Å². The quantitative estimate of drug-likeness (QED) is 0.445. The lowest BCUT2D eigenvalue weighted by Crippen LogP contribution is -2.51. The van der Waals surface area contributed by atoms with Gasteiger partial charge in [0.1, 0.15) is 18.2 Å². The average molecular weight is 509 g/mol. The largest absolute Gasteiger partial charge is 0.495 e. The van der Waals surface area contributed by atoms with E-state index in [1.165, 1.54) is 19.2 Å². The molecule has 3 aliphatic rings. The molecular formula is C28H33FN4O4. The summed E-state index contributed by atoms with van der Waals surface area (Å²) in [4.78, 5) is 14.4. The number of H-pyrrole nitrogens is 1. The molecule has 1 unspecified atom stereocenters. The molecule has 6 rings (SSSR count). The monoisotopic (exact) mass is 508 g/mol. The molecule has 1 N–H and O–H groups in total. The van der Waals surface area contributed by atoms with Crippen LogP contribution in [0.2, 0.25) is 0 Å². The van der Waals surface area contributed by atoms with E-state index >= 15 is 4.39 Å². The molecule has 8 nitrogen and oxygen atoms in total. The van der Waals surface area contributed by atoms with Gasteiger partial charge in [0.15, 0.2) is 11.6 Å². The molecule has 2 aromatic heterocycles. The van der Waals surface area contributed by atoms with E-state index in [-0.39, 0.29) is 11.9 Å². The third kappa shape index (κ3) is 4.83. The highest BCUT2D eigenvalue weighted by Gasteiger charge is 2.40. The second-order valence-electron chi connectivity index (χ2n) is 10.4. The minimum atomic E-state index is -0.419. The zero-order valence-corrected chi connectivity index (χ0v) is 21.4. The van der Waals surface area contributed by atoms with Gasteiger partial charge in [-0.05, 0) is 57.5 Å². The molecule has 2 fully saturated rings. The number of nitrogens with one attached hydrogen (secondary N) is 1. The van der Waals surface area contributed by atoms with Crippen molar-refractivity contribution in [1.82, 2.24) is 19.9 Å². The Kier molecular flexibility index (Phi) is 6.60. The van der Waals surface area contributed by atoms with Crippen LogP contribution in [0.15, 0.2) is 30.3 Å². The van der Waals surface area contributed by atoms with Crippen molar-refractivity contribution in [2.24, 2.45) is 5.41 Å². The Balaban J connectivity index is 1.11. The van der Waals surface area contributed by atoms with Crippen LogP contribution in [0, 0.1) is 18.2 Å². The fourth-order valence-corrected chi connectivity index (χ4v) is 5.54. The number of aryl methyl sites for hydroxylation is 1. The first-order valence-electron chi connectivity index (χ1n) is 13.0. The standard InChI is InChI=1S/C28H33FN4O4/c1-18-12-19-21(32-18)4-5-23(26(19)29)37-27-20-13-24(34-2)25(14-22(20)30-17-31-27)36-11-3-8-33-9-6-28(7-10-33)15-35-16-28/h4-5,12,14,17,24,32H,3,6-11,13,15-16H2,1-2H3. The third-order valence-corrected chi connectivity index (χ3v) is 7.87. The van der Waals surface area contributed by atoms with E-state index in [0.29, 0.717) is 35.4 Å². The number of halogens is 1. The van der Waals surface area contributed by atoms with Crippen LogP contribution in [0.3, 0.4) is 0 Å². The van der Waals surface area contributed by atoms with Crippen molar-refractivity contribution < 1.29 is 23.3 Å². The summed E-state index contributed by atoms with van der Waals surface area (Å²) in [5.74, 6) is 0.783. The molecule has 0 saturated carbocycles. The van der Waals surface area contributed by atoms with Gasteiger partial charge in [-0.2, -0.15) is 0 Å². The van der Waals surface area contributed by atoms with Crippen LogP contribution < -0.4 is 4.74 Å². The van der Waals surface area contributed by atoms with E-state index in [2.05, 4.69) is 19.9 Å². The number of nitrogens with zero attached hydrogens (tertiary/aromatic N) is 3. The maximum absolute atomic E-state index is 15.1. The number of methoxy groups -OCH3 is 1. The van der Waals surface area contributed by atoms with Crippen LogP contribution in [-0.2, 0) is 20.6 Å². The van der Waals surface area contributed by atoms with Gasteiger partial charge in [-0.25, -0.2) is 14.4 Å². The topological polar surface area (TPSA) is 81.7 Å². The summed E-state index contributed by atoms with van der Waals surface area (Å²) in [5, 5.41) is 0.490. The molecule has 2 aliphatic heterocycles. The van der Waals surface area contributed by atoms with Gasteiger partial charge in [-0.3, -0.25) is 0 Å². The molecule has 1 aliphatic carbocycles. The second-order valence-corrected chi connectivity index (χ2v) is 10.4. The maximum atomic E-state index is 15.1. The Hall–Kier alpha value is -3.01. The molecule has 0 bridgehead atoms. The third-order valence-electron chi connectivity index (χ3n) is 7.87. The zero-order valence-electron chi connectivity index (χ0n) is 21.4. The van der Waals surface area contributed by atoms with Crippen molar-refractivity contribution in [3.05, 3.63) is 53.1 Å². The van der Waals surface area contributed by atoms with Gasteiger partial charge in [0, 0.05) is 53.7 Å². The molecule has 0 amide bonds. The van der Waals surface area contributed by atoms with Gasteiger partial charge in [0.25, 0.3) is 0 Å². The number of rotatable bonds is 8. The minimum absolute atomic E-state index is 0.126. The van der Waals surface area contributed by atoms with Crippen LogP contribution in [0.5, 0.6) is 11.6 Å². The van der Waals surface area contributed by atoms with Crippen molar-refractivity contribution in [2.75, 3.05) is 46.6 Å². The first-order valence-corrected chi connectivity index (χ1v) is 13.0. The highest BCUT2D eigenvalue weighted by Crippen LogP contribution is 2.38. The molecular weight excluding hydrogens is 475 g/mol. The van der Waals surface area contributed by atoms with E-state index in [0.717, 1.165) is 61.8 Å². The second kappa shape index (κ2) is 10.0. The van der Waals surface area contributed by atoms with E-state index < -0.39 is 5.82 Å². The number of ether oxygens (including phenoxy) is 4. The van der Waals surface area contributed by atoms with E-state index in [1.807, 2.05) is 19.1 Å². The van der Waals surface area contributed by atoms with Gasteiger partial charge < -0.3 is 28.8 Å². The lowest BCUT2D eigenvalue weighted by Gasteiger charge is -2.47. The molecule has 196 valence electrons. The summed E-state index contributed by atoms with van der Waals surface area (Å²) in [5.41, 5.74) is 3.56. The lowest BCUT2D eigenvalue weighted by molar-refractivity contribution is -0.139. The summed E-state index contributed by atoms with van der Waals surface area (Å²) in [6, 6.07) is 5.19. The van der Waals surface area contributed by atoms with Crippen LogP contribution >= 0.6 is 0 Å². The predicted octanol–water partition coefficient (Wildman–Crippen LogP) is 4.63. The molecule has 3 aromatic rings. The van der Waals surface area contributed by atoms with Crippen LogP contribution in [0.4, 0.5) is 4.39 Å². The van der Waals surface area contributed by atoms with E-state index in [9.17, 15) is 0 Å². The normalized spacial score (nSPS) is 20.9. The highest BCUT2D eigenvalue weighted by atomic mass is 19.1. The SMILES string of the molecule is COC1Cc2c(ncnc2Oc2ccc3[nH]c(C)cc3c2F)C=C1OCCCN1CCC2(CC1)COC2. The van der Waals surface area contributed by atoms with Crippen LogP contribution in [-0.4, -0.2) is 72.5 Å². The average Bonchev–Trinajstić information content (AvgIpc) is 3.28. The number of hydrogen-bond donors (Lipinski definition) is 1. The molecule has 4 heterocycles. The Morgan fingerprint density at radius 3 is 2.81 bits per heavy atom. The van der Waals surface area contributed by atoms with Crippen LogP contribution in [0.1, 0.15) is 36.2 Å². The summed E-state index contributed by atoms with van der Waals surface area (Å²) in [6.07, 6.45) is 6.93. The predicted molar refractivity (Wildman–Crippen MR) is 137 cm³/mol. The summed E-state index contributed by atoms with van der Waals surface area (Å²) >= 11 is 0. The Bertz CT molecular complexity index is 1310. The minimum Gasteiger partial charge on any atom is -0.495 e. The zero-order chi connectivity index (χ0) is 25.4. The lowest BCUT2D eigenvalue weighted by atomic mass is 9.77. The molecule has 0 radical (unpaired) electrons. The van der Waals surface area contributed by atoms with Crippen molar-refractivity contribution in [2.45, 2.75) is 38.7 Å². The fraction of sp³-hybridized carbons (Fsp3) is 0.500. The van der Waals surface area contributed by atoms with Crippen molar-refractivity contribution in [3.63, 3.8) is 0 Å². The van der Waals surface area contributed by atoms with Gasteiger partial charge in [0.05, 0.1) is 25.5 Å². The van der Waals surface area contributed by atoms with E-state index in [1.54, 1.807) is 19.2 Å². The Morgan fingerprint density at radius 2 is 2.05 bits per heavy atom. The number of likely N-dealkylation sites (tertiary alicyclic amines) is 1. The Labute approximate surface area is 215 Å². The molecule has 1 atom stereocenters. The number of aromatic amines is 1. The van der Waals surface area contributed by atoms with E-state index in [4.69, 9.17) is 18.9 Å². The van der Waals surface area contributed by atoms with Gasteiger partial charge in [0.2, 0.25) is 5.88 Å². The smallest absolute Gasteiger partial charge is 0.226 e. The summed E-state index contributed by atoms with van der Waals surface area (Å²) in [6.45, 7) is 7.67. The molecule has 1 spiro atoms. The number of fused-ring (bicyclic) bond motifs is 2. The first kappa shape index (κ1) is 24.3. The summed E-state index contributed by atoms with van der Waals surface area (Å²) < 4.78 is 38.4. The molecule has 1 aromatic carbocycles. The maximum Gasteiger partial charge on any atom is 0.226 e. The molecule has 2 saturated heterocycles. The van der Waals surface area contributed by atoms with Gasteiger partial charge >= 0.3 is 0 Å². The molecule has 37 heavy (non-hydrogen) atoms. The Morgan fingerprint density at radius 1 is 1.22 bits per heavy atom. The van der Waals surface area contributed by atoms with Crippen molar-refractivity contribution in [1.29, 1.82) is 0 Å². The van der Waals surface area contributed by atoms with Gasteiger partial charge in [-0.15, -0.1) is 0 Å².